The number of aryl methyl sites for hydroxylation is 1. The number of hydrogen-bond donors (Lipinski definition) is 1. The van der Waals surface area contributed by atoms with Gasteiger partial charge in [0.15, 0.2) is 0 Å². The molecule has 0 bridgehead atoms. The molecule has 2 unspecified atom stereocenters. The van der Waals surface area contributed by atoms with E-state index in [1.54, 1.807) is 0 Å². The summed E-state index contributed by atoms with van der Waals surface area (Å²) in [5.41, 5.74) is 2.77. The van der Waals surface area contributed by atoms with Crippen molar-refractivity contribution in [3.05, 3.63) is 35.4 Å². The van der Waals surface area contributed by atoms with Crippen LogP contribution in [0.15, 0.2) is 24.3 Å². The highest BCUT2D eigenvalue weighted by atomic mass is 14.9. The van der Waals surface area contributed by atoms with Gasteiger partial charge < -0.3 is 5.32 Å². The van der Waals surface area contributed by atoms with Gasteiger partial charge in [0.1, 0.15) is 0 Å². The Balaban J connectivity index is 2.73. The molecule has 0 fully saturated rings. The summed E-state index contributed by atoms with van der Waals surface area (Å²) in [4.78, 5) is 0. The standard InChI is InChI=1S/C14H23N/c1-5-6-14(15-4)12(3)13-9-7-11(2)8-10-13/h7-10,12,14-15H,5-6H2,1-4H3. The van der Waals surface area contributed by atoms with Crippen molar-refractivity contribution in [2.24, 2.45) is 0 Å². The molecule has 0 amide bonds. The fraction of sp³-hybridized carbons (Fsp3) is 0.571. The Hall–Kier alpha value is -0.820. The van der Waals surface area contributed by atoms with Crippen molar-refractivity contribution in [2.75, 3.05) is 7.05 Å². The largest absolute Gasteiger partial charge is 0.316 e. The van der Waals surface area contributed by atoms with Crippen LogP contribution >= 0.6 is 0 Å². The van der Waals surface area contributed by atoms with Crippen LogP contribution < -0.4 is 5.32 Å². The Morgan fingerprint density at radius 1 is 1.20 bits per heavy atom. The number of benzene rings is 1. The Morgan fingerprint density at radius 2 is 1.80 bits per heavy atom. The molecule has 1 heteroatoms. The molecule has 0 spiro atoms. The van der Waals surface area contributed by atoms with Crippen molar-refractivity contribution in [2.45, 2.75) is 45.6 Å². The Kier molecular flexibility index (Phi) is 4.83. The first-order valence-electron chi connectivity index (χ1n) is 5.92. The molecule has 2 atom stereocenters. The highest BCUT2D eigenvalue weighted by Gasteiger charge is 2.15. The monoisotopic (exact) mass is 205 g/mol. The van der Waals surface area contributed by atoms with Crippen molar-refractivity contribution in [1.82, 2.24) is 5.32 Å². The fourth-order valence-electron chi connectivity index (χ4n) is 2.06. The molecule has 0 saturated heterocycles. The minimum absolute atomic E-state index is 0.593. The van der Waals surface area contributed by atoms with Crippen LogP contribution in [0.25, 0.3) is 0 Å². The summed E-state index contributed by atoms with van der Waals surface area (Å²) in [6.45, 7) is 6.68. The van der Waals surface area contributed by atoms with E-state index in [0.717, 1.165) is 0 Å². The molecule has 0 aliphatic carbocycles. The van der Waals surface area contributed by atoms with Crippen molar-refractivity contribution >= 4 is 0 Å². The van der Waals surface area contributed by atoms with Crippen molar-refractivity contribution < 1.29 is 0 Å². The average molecular weight is 205 g/mol. The van der Waals surface area contributed by atoms with Crippen molar-refractivity contribution in [3.8, 4) is 0 Å². The summed E-state index contributed by atoms with van der Waals surface area (Å²) in [7, 11) is 2.06. The minimum atomic E-state index is 0.593. The zero-order valence-corrected chi connectivity index (χ0v) is 10.4. The second-order valence-corrected chi connectivity index (χ2v) is 4.38. The average Bonchev–Trinajstić information content (AvgIpc) is 2.26. The molecule has 1 nitrogen and oxygen atoms in total. The molecule has 1 aromatic rings. The zero-order chi connectivity index (χ0) is 11.3. The maximum Gasteiger partial charge on any atom is 0.0130 e. The predicted octanol–water partition coefficient (Wildman–Crippen LogP) is 3.49. The van der Waals surface area contributed by atoms with E-state index in [1.807, 2.05) is 0 Å². The van der Waals surface area contributed by atoms with Crippen LogP contribution in [0.4, 0.5) is 0 Å². The quantitative estimate of drug-likeness (QED) is 0.776. The fourth-order valence-corrected chi connectivity index (χ4v) is 2.06. The predicted molar refractivity (Wildman–Crippen MR) is 67.3 cm³/mol. The van der Waals surface area contributed by atoms with Crippen LogP contribution in [-0.2, 0) is 0 Å². The van der Waals surface area contributed by atoms with E-state index in [0.29, 0.717) is 12.0 Å². The third-order valence-corrected chi connectivity index (χ3v) is 3.18. The molecule has 0 aromatic heterocycles. The summed E-state index contributed by atoms with van der Waals surface area (Å²) in [5.74, 6) is 0.593. The van der Waals surface area contributed by atoms with E-state index >= 15 is 0 Å². The highest BCUT2D eigenvalue weighted by Crippen LogP contribution is 2.22. The van der Waals surface area contributed by atoms with Gasteiger partial charge in [0.2, 0.25) is 0 Å². The first-order valence-corrected chi connectivity index (χ1v) is 5.92. The van der Waals surface area contributed by atoms with Crippen LogP contribution in [0.3, 0.4) is 0 Å². The van der Waals surface area contributed by atoms with Crippen LogP contribution in [0.1, 0.15) is 43.7 Å². The Labute approximate surface area is 93.9 Å². The third kappa shape index (κ3) is 3.35. The molecular formula is C14H23N. The molecule has 0 heterocycles. The number of likely N-dealkylation sites (N-methyl/N-ethyl adjacent to an activating group) is 1. The SMILES string of the molecule is CCCC(NC)C(C)c1ccc(C)cc1. The van der Waals surface area contributed by atoms with Gasteiger partial charge in [-0.3, -0.25) is 0 Å². The summed E-state index contributed by atoms with van der Waals surface area (Å²) in [6, 6.07) is 9.49. The van der Waals surface area contributed by atoms with E-state index in [1.165, 1.54) is 24.0 Å². The lowest BCUT2D eigenvalue weighted by molar-refractivity contribution is 0.451. The maximum atomic E-state index is 3.42. The first-order chi connectivity index (χ1) is 7.19. The van der Waals surface area contributed by atoms with Gasteiger partial charge in [-0.2, -0.15) is 0 Å². The van der Waals surface area contributed by atoms with Gasteiger partial charge in [0.05, 0.1) is 0 Å². The number of hydrogen-bond acceptors (Lipinski definition) is 1. The molecule has 0 radical (unpaired) electrons. The van der Waals surface area contributed by atoms with Gasteiger partial charge in [-0.25, -0.2) is 0 Å². The summed E-state index contributed by atoms with van der Waals surface area (Å²) < 4.78 is 0. The zero-order valence-electron chi connectivity index (χ0n) is 10.4. The summed E-state index contributed by atoms with van der Waals surface area (Å²) >= 11 is 0. The molecule has 84 valence electrons. The molecule has 15 heavy (non-hydrogen) atoms. The summed E-state index contributed by atoms with van der Waals surface area (Å²) in [6.07, 6.45) is 2.48. The van der Waals surface area contributed by atoms with Crippen LogP contribution in [0.5, 0.6) is 0 Å². The third-order valence-electron chi connectivity index (χ3n) is 3.18. The van der Waals surface area contributed by atoms with E-state index in [2.05, 4.69) is 57.4 Å². The second-order valence-electron chi connectivity index (χ2n) is 4.38. The molecule has 0 aliphatic rings. The van der Waals surface area contributed by atoms with Gasteiger partial charge >= 0.3 is 0 Å². The van der Waals surface area contributed by atoms with Gasteiger partial charge in [-0.1, -0.05) is 50.1 Å². The molecular weight excluding hydrogens is 182 g/mol. The van der Waals surface area contributed by atoms with E-state index in [9.17, 15) is 0 Å². The van der Waals surface area contributed by atoms with E-state index in [-0.39, 0.29) is 0 Å². The van der Waals surface area contributed by atoms with E-state index < -0.39 is 0 Å². The topological polar surface area (TPSA) is 12.0 Å². The highest BCUT2D eigenvalue weighted by molar-refractivity contribution is 5.25. The first kappa shape index (κ1) is 12.3. The number of nitrogens with one attached hydrogen (secondary N) is 1. The molecule has 0 aliphatic heterocycles. The molecule has 1 N–H and O–H groups in total. The Morgan fingerprint density at radius 3 is 2.27 bits per heavy atom. The van der Waals surface area contributed by atoms with Crippen molar-refractivity contribution in [3.63, 3.8) is 0 Å². The maximum absolute atomic E-state index is 3.42. The van der Waals surface area contributed by atoms with Crippen LogP contribution in [0, 0.1) is 6.92 Å². The lowest BCUT2D eigenvalue weighted by atomic mass is 9.90. The minimum Gasteiger partial charge on any atom is -0.316 e. The van der Waals surface area contributed by atoms with Crippen LogP contribution in [0.2, 0.25) is 0 Å². The van der Waals surface area contributed by atoms with Gasteiger partial charge in [0, 0.05) is 6.04 Å². The van der Waals surface area contributed by atoms with Crippen LogP contribution in [-0.4, -0.2) is 13.1 Å². The molecule has 1 aromatic carbocycles. The second kappa shape index (κ2) is 5.92. The Bertz CT molecular complexity index is 276. The molecule has 0 saturated carbocycles. The smallest absolute Gasteiger partial charge is 0.0130 e. The normalized spacial score (nSPS) is 14.9. The van der Waals surface area contributed by atoms with Gasteiger partial charge in [-0.05, 0) is 31.9 Å². The van der Waals surface area contributed by atoms with E-state index in [4.69, 9.17) is 0 Å². The van der Waals surface area contributed by atoms with Gasteiger partial charge in [-0.15, -0.1) is 0 Å². The van der Waals surface area contributed by atoms with Crippen molar-refractivity contribution in [1.29, 1.82) is 0 Å². The number of rotatable bonds is 5. The summed E-state index contributed by atoms with van der Waals surface area (Å²) in [5, 5.41) is 3.42. The lowest BCUT2D eigenvalue weighted by Crippen LogP contribution is -2.30. The molecule has 1 rings (SSSR count). The lowest BCUT2D eigenvalue weighted by Gasteiger charge is -2.23. The van der Waals surface area contributed by atoms with Gasteiger partial charge in [0.25, 0.3) is 0 Å².